The summed E-state index contributed by atoms with van der Waals surface area (Å²) < 4.78 is 8.42. The third-order valence-corrected chi connectivity index (χ3v) is 5.25. The number of imidazole rings is 1. The van der Waals surface area contributed by atoms with Crippen LogP contribution >= 0.6 is 0 Å². The molecule has 0 saturated carbocycles. The molecule has 2 aromatic carbocycles. The highest BCUT2D eigenvalue weighted by atomic mass is 16.5. The van der Waals surface area contributed by atoms with Crippen LogP contribution in [0.15, 0.2) is 53.3 Å². The minimum atomic E-state index is -0.135. The Hall–Kier alpha value is -2.95. The summed E-state index contributed by atoms with van der Waals surface area (Å²) in [5, 5.41) is 10.8. The molecule has 0 aliphatic rings. The Morgan fingerprint density at radius 2 is 1.59 bits per heavy atom. The Balaban J connectivity index is 1.77. The van der Waals surface area contributed by atoms with Crippen molar-refractivity contribution in [2.75, 3.05) is 7.11 Å². The summed E-state index contributed by atoms with van der Waals surface area (Å²) in [7, 11) is 1.66. The van der Waals surface area contributed by atoms with E-state index in [0.717, 1.165) is 36.3 Å². The number of aromatic nitrogens is 2. The lowest BCUT2D eigenvalue weighted by atomic mass is 10.1. The quantitative estimate of drug-likeness (QED) is 0.588. The molecule has 0 radical (unpaired) electrons. The van der Waals surface area contributed by atoms with Crippen LogP contribution in [0.4, 0.5) is 0 Å². The Morgan fingerprint density at radius 3 is 2.21 bits per heavy atom. The summed E-state index contributed by atoms with van der Waals surface area (Å²) in [6, 6.07) is 16.1. The molecule has 154 valence electrons. The summed E-state index contributed by atoms with van der Waals surface area (Å²) in [5.74, 6) is 0.940. The maximum absolute atomic E-state index is 12.9. The Kier molecular flexibility index (Phi) is 6.81. The largest absolute Gasteiger partial charge is 0.497 e. The summed E-state index contributed by atoms with van der Waals surface area (Å²) in [5.41, 5.74) is 4.00. The fourth-order valence-electron chi connectivity index (χ4n) is 3.60. The van der Waals surface area contributed by atoms with Gasteiger partial charge in [0.2, 0.25) is 5.88 Å². The monoisotopic (exact) mass is 394 g/mol. The van der Waals surface area contributed by atoms with E-state index in [1.54, 1.807) is 11.7 Å². The van der Waals surface area contributed by atoms with Gasteiger partial charge in [-0.1, -0.05) is 48.9 Å². The van der Waals surface area contributed by atoms with Gasteiger partial charge in [0.1, 0.15) is 5.75 Å². The summed E-state index contributed by atoms with van der Waals surface area (Å²) in [6.07, 6.45) is 3.25. The predicted molar refractivity (Wildman–Crippen MR) is 116 cm³/mol. The van der Waals surface area contributed by atoms with Crippen LogP contribution in [0, 0.1) is 6.92 Å². The van der Waals surface area contributed by atoms with Crippen LogP contribution < -0.4 is 10.4 Å². The first-order chi connectivity index (χ1) is 14.0. The maximum atomic E-state index is 12.9. The minimum absolute atomic E-state index is 0.0961. The fourth-order valence-corrected chi connectivity index (χ4v) is 3.60. The van der Waals surface area contributed by atoms with E-state index in [-0.39, 0.29) is 11.6 Å². The van der Waals surface area contributed by atoms with E-state index < -0.39 is 0 Å². The van der Waals surface area contributed by atoms with Gasteiger partial charge >= 0.3 is 5.69 Å². The molecule has 0 aliphatic carbocycles. The first-order valence-electron chi connectivity index (χ1n) is 10.2. The summed E-state index contributed by atoms with van der Waals surface area (Å²) >= 11 is 0. The first kappa shape index (κ1) is 20.8. The second-order valence-electron chi connectivity index (χ2n) is 7.48. The van der Waals surface area contributed by atoms with Gasteiger partial charge in [-0.2, -0.15) is 0 Å². The van der Waals surface area contributed by atoms with Gasteiger partial charge in [-0.3, -0.25) is 9.13 Å². The molecular weight excluding hydrogens is 364 g/mol. The summed E-state index contributed by atoms with van der Waals surface area (Å²) in [6.45, 7) is 5.08. The second kappa shape index (κ2) is 9.50. The zero-order valence-corrected chi connectivity index (χ0v) is 17.5. The molecule has 1 heterocycles. The van der Waals surface area contributed by atoms with E-state index >= 15 is 0 Å². The first-order valence-corrected chi connectivity index (χ1v) is 10.2. The van der Waals surface area contributed by atoms with Gasteiger partial charge in [0.05, 0.1) is 19.3 Å². The standard InChI is InChI=1S/C24H30N2O3/c1-4-16-25-22(7-5-6-19-12-14-21(29-3)15-13-19)23(27)26(24(25)28)17-20-10-8-18(2)9-11-20/h8-15,27H,4-7,16-17H2,1-3H3. The molecule has 3 rings (SSSR count). The van der Waals surface area contributed by atoms with Crippen molar-refractivity contribution in [1.82, 2.24) is 9.13 Å². The van der Waals surface area contributed by atoms with E-state index in [4.69, 9.17) is 4.74 Å². The molecule has 0 spiro atoms. The van der Waals surface area contributed by atoms with E-state index in [2.05, 4.69) is 12.1 Å². The van der Waals surface area contributed by atoms with Crippen LogP contribution in [0.5, 0.6) is 11.6 Å². The molecule has 0 saturated heterocycles. The molecule has 0 bridgehead atoms. The van der Waals surface area contributed by atoms with Gasteiger partial charge in [-0.05, 0) is 55.9 Å². The van der Waals surface area contributed by atoms with Crippen LogP contribution in [0.1, 0.15) is 42.1 Å². The number of benzene rings is 2. The molecule has 5 heteroatoms. The van der Waals surface area contributed by atoms with E-state index in [1.165, 1.54) is 15.7 Å². The van der Waals surface area contributed by atoms with Gasteiger partial charge in [-0.25, -0.2) is 4.79 Å². The van der Waals surface area contributed by atoms with Crippen LogP contribution in [0.25, 0.3) is 0 Å². The van der Waals surface area contributed by atoms with Crippen molar-refractivity contribution in [2.24, 2.45) is 0 Å². The minimum Gasteiger partial charge on any atom is -0.497 e. The van der Waals surface area contributed by atoms with E-state index in [1.807, 2.05) is 50.2 Å². The number of methoxy groups -OCH3 is 1. The molecule has 0 aliphatic heterocycles. The summed E-state index contributed by atoms with van der Waals surface area (Å²) in [4.78, 5) is 12.9. The molecule has 29 heavy (non-hydrogen) atoms. The zero-order chi connectivity index (χ0) is 20.8. The lowest BCUT2D eigenvalue weighted by Gasteiger charge is -2.07. The van der Waals surface area contributed by atoms with Crippen LogP contribution in [-0.2, 0) is 25.9 Å². The average molecular weight is 395 g/mol. The zero-order valence-electron chi connectivity index (χ0n) is 17.5. The van der Waals surface area contributed by atoms with Crippen molar-refractivity contribution >= 4 is 0 Å². The fraction of sp³-hybridized carbons (Fsp3) is 0.375. The Labute approximate surface area is 172 Å². The molecule has 5 nitrogen and oxygen atoms in total. The SMILES string of the molecule is CCCn1c(CCCc2ccc(OC)cc2)c(O)n(Cc2ccc(C)cc2)c1=O. The number of rotatable bonds is 9. The Bertz CT molecular complexity index is 983. The topological polar surface area (TPSA) is 56.4 Å². The van der Waals surface area contributed by atoms with Crippen molar-refractivity contribution in [1.29, 1.82) is 0 Å². The second-order valence-corrected chi connectivity index (χ2v) is 7.48. The van der Waals surface area contributed by atoms with Crippen LogP contribution in [-0.4, -0.2) is 21.4 Å². The highest BCUT2D eigenvalue weighted by Crippen LogP contribution is 2.21. The third-order valence-electron chi connectivity index (χ3n) is 5.25. The molecular formula is C24H30N2O3. The predicted octanol–water partition coefficient (Wildman–Crippen LogP) is 4.31. The molecule has 3 aromatic rings. The molecule has 1 N–H and O–H groups in total. The lowest BCUT2D eigenvalue weighted by molar-refractivity contribution is 0.414. The third kappa shape index (κ3) is 4.91. The lowest BCUT2D eigenvalue weighted by Crippen LogP contribution is -2.25. The van der Waals surface area contributed by atoms with Crippen molar-refractivity contribution in [3.05, 3.63) is 81.4 Å². The maximum Gasteiger partial charge on any atom is 0.331 e. The number of aryl methyl sites for hydroxylation is 2. The van der Waals surface area contributed by atoms with Crippen molar-refractivity contribution in [2.45, 2.75) is 52.6 Å². The molecule has 0 unspecified atom stereocenters. The smallest absolute Gasteiger partial charge is 0.331 e. The average Bonchev–Trinajstić information content (AvgIpc) is 2.95. The van der Waals surface area contributed by atoms with Crippen LogP contribution in [0.3, 0.4) is 0 Å². The van der Waals surface area contributed by atoms with Gasteiger partial charge in [-0.15, -0.1) is 0 Å². The van der Waals surface area contributed by atoms with Gasteiger partial charge < -0.3 is 9.84 Å². The van der Waals surface area contributed by atoms with Gasteiger partial charge in [0.15, 0.2) is 0 Å². The Morgan fingerprint density at radius 1 is 0.931 bits per heavy atom. The molecule has 0 amide bonds. The molecule has 0 fully saturated rings. The van der Waals surface area contributed by atoms with Crippen molar-refractivity contribution < 1.29 is 9.84 Å². The molecule has 0 atom stereocenters. The van der Waals surface area contributed by atoms with Crippen molar-refractivity contribution in [3.63, 3.8) is 0 Å². The highest BCUT2D eigenvalue weighted by molar-refractivity contribution is 5.28. The van der Waals surface area contributed by atoms with Crippen molar-refractivity contribution in [3.8, 4) is 11.6 Å². The number of ether oxygens (including phenoxy) is 1. The van der Waals surface area contributed by atoms with Gasteiger partial charge in [0.25, 0.3) is 0 Å². The number of aromatic hydroxyl groups is 1. The van der Waals surface area contributed by atoms with E-state index in [9.17, 15) is 9.90 Å². The highest BCUT2D eigenvalue weighted by Gasteiger charge is 2.19. The number of nitrogens with zero attached hydrogens (tertiary/aromatic N) is 2. The van der Waals surface area contributed by atoms with Gasteiger partial charge in [0, 0.05) is 6.54 Å². The normalized spacial score (nSPS) is 11.0. The molecule has 1 aromatic heterocycles. The van der Waals surface area contributed by atoms with Crippen LogP contribution in [0.2, 0.25) is 0 Å². The van der Waals surface area contributed by atoms with E-state index in [0.29, 0.717) is 19.5 Å². The number of hydrogen-bond acceptors (Lipinski definition) is 3. The number of hydrogen-bond donors (Lipinski definition) is 1.